The van der Waals surface area contributed by atoms with Crippen LogP contribution >= 0.6 is 23.8 Å². The molecule has 0 atom stereocenters. The molecular formula is C15H13ClN2O2S. The third-order valence-electron chi connectivity index (χ3n) is 2.60. The van der Waals surface area contributed by atoms with E-state index in [4.69, 9.17) is 34.3 Å². The molecule has 0 radical (unpaired) electrons. The summed E-state index contributed by atoms with van der Waals surface area (Å²) in [5.74, 6) is 0.250. The van der Waals surface area contributed by atoms with Gasteiger partial charge in [-0.15, -0.1) is 0 Å². The molecule has 0 aliphatic rings. The Morgan fingerprint density at radius 2 is 2.00 bits per heavy atom. The van der Waals surface area contributed by atoms with Crippen molar-refractivity contribution in [1.29, 1.82) is 0 Å². The van der Waals surface area contributed by atoms with E-state index in [1.54, 1.807) is 48.5 Å². The molecule has 0 aromatic heterocycles. The summed E-state index contributed by atoms with van der Waals surface area (Å²) in [5.41, 5.74) is 6.85. The molecule has 0 saturated heterocycles. The molecule has 0 fully saturated rings. The van der Waals surface area contributed by atoms with Crippen LogP contribution < -0.4 is 15.8 Å². The van der Waals surface area contributed by atoms with Crippen molar-refractivity contribution in [3.05, 3.63) is 59.1 Å². The average molecular weight is 321 g/mol. The molecule has 21 heavy (non-hydrogen) atoms. The number of thiocarbonyl (C=S) groups is 1. The number of benzene rings is 2. The maximum atomic E-state index is 11.8. The van der Waals surface area contributed by atoms with Crippen LogP contribution in [0.1, 0.15) is 5.56 Å². The molecule has 3 N–H and O–H groups in total. The highest BCUT2D eigenvalue weighted by Gasteiger charge is 2.05. The van der Waals surface area contributed by atoms with Crippen LogP contribution in [0.2, 0.25) is 5.02 Å². The van der Waals surface area contributed by atoms with Gasteiger partial charge in [0.1, 0.15) is 10.7 Å². The zero-order valence-electron chi connectivity index (χ0n) is 11.0. The lowest BCUT2D eigenvalue weighted by Gasteiger charge is -2.08. The van der Waals surface area contributed by atoms with Gasteiger partial charge in [0.25, 0.3) is 5.91 Å². The molecule has 0 heterocycles. The Labute approximate surface area is 132 Å². The number of ether oxygens (including phenoxy) is 1. The van der Waals surface area contributed by atoms with E-state index >= 15 is 0 Å². The first-order valence-electron chi connectivity index (χ1n) is 6.12. The molecule has 2 aromatic carbocycles. The normalized spacial score (nSPS) is 9.95. The van der Waals surface area contributed by atoms with E-state index in [-0.39, 0.29) is 17.5 Å². The summed E-state index contributed by atoms with van der Waals surface area (Å²) < 4.78 is 5.40. The van der Waals surface area contributed by atoms with Crippen molar-refractivity contribution < 1.29 is 9.53 Å². The highest BCUT2D eigenvalue weighted by Crippen LogP contribution is 2.16. The van der Waals surface area contributed by atoms with E-state index in [1.807, 2.05) is 0 Å². The van der Waals surface area contributed by atoms with Gasteiger partial charge in [0.15, 0.2) is 6.61 Å². The van der Waals surface area contributed by atoms with Gasteiger partial charge in [-0.25, -0.2) is 0 Å². The Morgan fingerprint density at radius 1 is 1.24 bits per heavy atom. The second-order valence-electron chi connectivity index (χ2n) is 4.24. The van der Waals surface area contributed by atoms with Crippen LogP contribution in [-0.4, -0.2) is 17.5 Å². The van der Waals surface area contributed by atoms with Gasteiger partial charge < -0.3 is 15.8 Å². The van der Waals surface area contributed by atoms with Gasteiger partial charge in [-0.1, -0.05) is 42.0 Å². The number of nitrogens with one attached hydrogen (secondary N) is 1. The summed E-state index contributed by atoms with van der Waals surface area (Å²) >= 11 is 10.7. The van der Waals surface area contributed by atoms with Crippen molar-refractivity contribution in [2.24, 2.45) is 5.73 Å². The maximum absolute atomic E-state index is 11.8. The fraction of sp³-hybridized carbons (Fsp3) is 0.0667. The highest BCUT2D eigenvalue weighted by molar-refractivity contribution is 7.80. The summed E-state index contributed by atoms with van der Waals surface area (Å²) in [7, 11) is 0. The van der Waals surface area contributed by atoms with Crippen molar-refractivity contribution in [2.45, 2.75) is 0 Å². The lowest BCUT2D eigenvalue weighted by molar-refractivity contribution is -0.118. The first-order chi connectivity index (χ1) is 10.0. The summed E-state index contributed by atoms with van der Waals surface area (Å²) in [6.07, 6.45) is 0. The first-order valence-corrected chi connectivity index (χ1v) is 6.91. The Balaban J connectivity index is 1.92. The van der Waals surface area contributed by atoms with Crippen LogP contribution in [0.3, 0.4) is 0 Å². The van der Waals surface area contributed by atoms with E-state index in [9.17, 15) is 4.79 Å². The van der Waals surface area contributed by atoms with Crippen LogP contribution in [0.15, 0.2) is 48.5 Å². The number of carbonyl (C=O) groups excluding carboxylic acids is 1. The number of hydrogen-bond donors (Lipinski definition) is 2. The number of amides is 1. The molecule has 0 bridgehead atoms. The lowest BCUT2D eigenvalue weighted by atomic mass is 10.2. The van der Waals surface area contributed by atoms with Crippen LogP contribution in [-0.2, 0) is 4.79 Å². The molecular weight excluding hydrogens is 308 g/mol. The molecule has 2 rings (SSSR count). The molecule has 4 nitrogen and oxygen atoms in total. The average Bonchev–Trinajstić information content (AvgIpc) is 2.45. The fourth-order valence-corrected chi connectivity index (χ4v) is 1.97. The van der Waals surface area contributed by atoms with Crippen molar-refractivity contribution >= 4 is 40.4 Å². The molecule has 1 amide bonds. The summed E-state index contributed by atoms with van der Waals surface area (Å²) in [6.45, 7) is -0.118. The number of anilines is 1. The topological polar surface area (TPSA) is 64.3 Å². The van der Waals surface area contributed by atoms with Crippen LogP contribution in [0.25, 0.3) is 0 Å². The van der Waals surface area contributed by atoms with Crippen molar-refractivity contribution in [3.8, 4) is 5.75 Å². The van der Waals surface area contributed by atoms with Gasteiger partial charge in [-0.2, -0.15) is 0 Å². The molecule has 0 unspecified atom stereocenters. The summed E-state index contributed by atoms with van der Waals surface area (Å²) in [5, 5.41) is 3.25. The summed E-state index contributed by atoms with van der Waals surface area (Å²) in [4.78, 5) is 12.1. The van der Waals surface area contributed by atoms with Gasteiger partial charge >= 0.3 is 0 Å². The van der Waals surface area contributed by atoms with E-state index in [0.29, 0.717) is 22.0 Å². The van der Waals surface area contributed by atoms with Crippen LogP contribution in [0.5, 0.6) is 5.75 Å². The largest absolute Gasteiger partial charge is 0.484 e. The standard InChI is InChI=1S/C15H13ClN2O2S/c16-11-4-2-5-12(8-11)18-14(19)9-20-13-6-1-3-10(7-13)15(17)21/h1-8H,9H2,(H2,17,21)(H,18,19). The highest BCUT2D eigenvalue weighted by atomic mass is 35.5. The number of halogens is 1. The molecule has 0 spiro atoms. The quantitative estimate of drug-likeness (QED) is 0.831. The third-order valence-corrected chi connectivity index (χ3v) is 3.07. The number of carbonyl (C=O) groups is 1. The van der Waals surface area contributed by atoms with Crippen LogP contribution in [0, 0.1) is 0 Å². The summed E-state index contributed by atoms with van der Waals surface area (Å²) in [6, 6.07) is 13.9. The lowest BCUT2D eigenvalue weighted by Crippen LogP contribution is -2.20. The molecule has 0 aliphatic heterocycles. The second-order valence-corrected chi connectivity index (χ2v) is 5.12. The Bertz CT molecular complexity index is 676. The smallest absolute Gasteiger partial charge is 0.262 e. The number of nitrogens with two attached hydrogens (primary N) is 1. The van der Waals surface area contributed by atoms with Crippen molar-refractivity contribution in [2.75, 3.05) is 11.9 Å². The fourth-order valence-electron chi connectivity index (χ4n) is 1.65. The first kappa shape index (κ1) is 15.3. The molecule has 0 saturated carbocycles. The second kappa shape index (κ2) is 7.06. The van der Waals surface area contributed by atoms with E-state index in [2.05, 4.69) is 5.32 Å². The monoisotopic (exact) mass is 320 g/mol. The Kier molecular flexibility index (Phi) is 5.14. The third kappa shape index (κ3) is 4.73. The van der Waals surface area contributed by atoms with E-state index < -0.39 is 0 Å². The zero-order chi connectivity index (χ0) is 15.2. The van der Waals surface area contributed by atoms with Crippen LogP contribution in [0.4, 0.5) is 5.69 Å². The van der Waals surface area contributed by atoms with Gasteiger partial charge in [0.05, 0.1) is 0 Å². The van der Waals surface area contributed by atoms with Crippen molar-refractivity contribution in [1.82, 2.24) is 0 Å². The van der Waals surface area contributed by atoms with Gasteiger partial charge in [-0.3, -0.25) is 4.79 Å². The SMILES string of the molecule is NC(=S)c1cccc(OCC(=O)Nc2cccc(Cl)c2)c1. The Morgan fingerprint density at radius 3 is 2.71 bits per heavy atom. The molecule has 6 heteroatoms. The molecule has 0 aliphatic carbocycles. The van der Waals surface area contributed by atoms with Gasteiger partial charge in [0, 0.05) is 16.3 Å². The van der Waals surface area contributed by atoms with Gasteiger partial charge in [0.2, 0.25) is 0 Å². The van der Waals surface area contributed by atoms with Crippen molar-refractivity contribution in [3.63, 3.8) is 0 Å². The van der Waals surface area contributed by atoms with E-state index in [0.717, 1.165) is 0 Å². The molecule has 108 valence electrons. The zero-order valence-corrected chi connectivity index (χ0v) is 12.6. The minimum Gasteiger partial charge on any atom is -0.484 e. The van der Waals surface area contributed by atoms with E-state index in [1.165, 1.54) is 0 Å². The van der Waals surface area contributed by atoms with Gasteiger partial charge in [-0.05, 0) is 30.3 Å². The maximum Gasteiger partial charge on any atom is 0.262 e. The Hall–Kier alpha value is -2.11. The number of rotatable bonds is 5. The number of hydrogen-bond acceptors (Lipinski definition) is 3. The minimum atomic E-state index is -0.280. The molecule has 2 aromatic rings. The minimum absolute atomic E-state index is 0.118. The predicted octanol–water partition coefficient (Wildman–Crippen LogP) is 2.99. The predicted molar refractivity (Wildman–Crippen MR) is 87.9 cm³/mol.